The minimum atomic E-state index is -0.481. The molecule has 1 aliphatic rings. The van der Waals surface area contributed by atoms with Crippen molar-refractivity contribution in [3.05, 3.63) is 94.7 Å². The number of hydrogen-bond donors (Lipinski definition) is 0. The normalized spacial score (nSPS) is 13.4. The molecule has 32 heavy (non-hydrogen) atoms. The van der Waals surface area contributed by atoms with Gasteiger partial charge in [0.1, 0.15) is 23.9 Å². The second-order valence-electron chi connectivity index (χ2n) is 7.21. The van der Waals surface area contributed by atoms with Gasteiger partial charge in [-0.25, -0.2) is 4.79 Å². The highest BCUT2D eigenvalue weighted by Crippen LogP contribution is 2.39. The van der Waals surface area contributed by atoms with Gasteiger partial charge in [0.15, 0.2) is 12.4 Å². The van der Waals surface area contributed by atoms with Crippen molar-refractivity contribution in [2.75, 3.05) is 13.7 Å². The smallest absolute Gasteiger partial charge is 0.344 e. The van der Waals surface area contributed by atoms with Crippen LogP contribution in [0.15, 0.2) is 72.5 Å². The molecule has 4 rings (SSSR count). The molecule has 0 aliphatic carbocycles. The Kier molecular flexibility index (Phi) is 6.22. The van der Waals surface area contributed by atoms with Crippen LogP contribution < -0.4 is 14.2 Å². The molecule has 0 atom stereocenters. The Balaban J connectivity index is 1.41. The molecule has 0 unspecified atom stereocenters. The first-order chi connectivity index (χ1) is 15.5. The Hall–Kier alpha value is -4.06. The number of methoxy groups -OCH3 is 1. The zero-order chi connectivity index (χ0) is 22.5. The highest BCUT2D eigenvalue weighted by atomic mass is 16.6. The maximum absolute atomic E-state index is 12.7. The largest absolute Gasteiger partial charge is 0.497 e. The van der Waals surface area contributed by atoms with Crippen molar-refractivity contribution in [2.24, 2.45) is 0 Å². The summed E-state index contributed by atoms with van der Waals surface area (Å²) in [4.78, 5) is 24.8. The Morgan fingerprint density at radius 1 is 1.00 bits per heavy atom. The van der Waals surface area contributed by atoms with Gasteiger partial charge < -0.3 is 18.9 Å². The third-order valence-electron chi connectivity index (χ3n) is 5.04. The Bertz CT molecular complexity index is 1160. The number of ether oxygens (including phenoxy) is 4. The van der Waals surface area contributed by atoms with Gasteiger partial charge in [0.05, 0.1) is 12.7 Å². The van der Waals surface area contributed by atoms with E-state index in [4.69, 9.17) is 18.9 Å². The molecule has 0 N–H and O–H groups in total. The summed E-state index contributed by atoms with van der Waals surface area (Å²) in [6.45, 7) is 1.73. The molecule has 6 nitrogen and oxygen atoms in total. The van der Waals surface area contributed by atoms with Gasteiger partial charge in [-0.1, -0.05) is 42.5 Å². The van der Waals surface area contributed by atoms with Crippen LogP contribution in [-0.4, -0.2) is 25.5 Å². The quantitative estimate of drug-likeness (QED) is 0.398. The molecule has 0 spiro atoms. The second kappa shape index (κ2) is 9.39. The number of carbonyl (C=O) groups excluding carboxylic acids is 2. The summed E-state index contributed by atoms with van der Waals surface area (Å²) in [6, 6.07) is 20.0. The lowest BCUT2D eigenvalue weighted by Gasteiger charge is -2.11. The molecule has 3 aromatic rings. The van der Waals surface area contributed by atoms with Crippen LogP contribution >= 0.6 is 0 Å². The van der Waals surface area contributed by atoms with Crippen LogP contribution in [0.1, 0.15) is 27.0 Å². The molecular formula is C26H22O6. The lowest BCUT2D eigenvalue weighted by Crippen LogP contribution is -2.15. The van der Waals surface area contributed by atoms with Crippen molar-refractivity contribution < 1.29 is 28.5 Å². The topological polar surface area (TPSA) is 71.1 Å². The average Bonchev–Trinajstić information content (AvgIpc) is 3.14. The van der Waals surface area contributed by atoms with Gasteiger partial charge in [-0.05, 0) is 48.4 Å². The van der Waals surface area contributed by atoms with Gasteiger partial charge >= 0.3 is 5.97 Å². The van der Waals surface area contributed by atoms with Gasteiger partial charge in [-0.15, -0.1) is 0 Å². The number of carbonyl (C=O) groups is 2. The fraction of sp³-hybridized carbons (Fsp3) is 0.154. The SMILES string of the molecule is COc1ccc(/C=C2\Oc3c(ccc(OCC(=O)OCc4ccccc4)c3C)C2=O)cc1. The highest BCUT2D eigenvalue weighted by molar-refractivity contribution is 6.15. The minimum absolute atomic E-state index is 0.184. The average molecular weight is 430 g/mol. The standard InChI is InChI=1S/C26H22O6/c1-17-22(30-16-24(27)31-15-19-6-4-3-5-7-19)13-12-21-25(28)23(32-26(17)21)14-18-8-10-20(29-2)11-9-18/h3-14H,15-16H2,1-2H3/b23-14-. The van der Waals surface area contributed by atoms with E-state index in [2.05, 4.69) is 0 Å². The minimum Gasteiger partial charge on any atom is -0.497 e. The summed E-state index contributed by atoms with van der Waals surface area (Å²) in [6.07, 6.45) is 1.68. The molecule has 0 saturated carbocycles. The maximum atomic E-state index is 12.7. The van der Waals surface area contributed by atoms with Gasteiger partial charge in [0.2, 0.25) is 5.78 Å². The molecule has 0 amide bonds. The zero-order valence-electron chi connectivity index (χ0n) is 17.8. The number of Topliss-reactive ketones (excluding diaryl/α,β-unsaturated/α-hetero) is 1. The highest BCUT2D eigenvalue weighted by Gasteiger charge is 2.30. The predicted octanol–water partition coefficient (Wildman–Crippen LogP) is 4.74. The third kappa shape index (κ3) is 4.64. The Labute approximate surface area is 186 Å². The van der Waals surface area contributed by atoms with Gasteiger partial charge in [-0.2, -0.15) is 0 Å². The molecule has 0 bridgehead atoms. The molecule has 0 fully saturated rings. The molecule has 162 valence electrons. The number of fused-ring (bicyclic) bond motifs is 1. The van der Waals surface area contributed by atoms with E-state index in [9.17, 15) is 9.59 Å². The third-order valence-corrected chi connectivity index (χ3v) is 5.04. The fourth-order valence-corrected chi connectivity index (χ4v) is 3.29. The molecule has 1 heterocycles. The van der Waals surface area contributed by atoms with E-state index in [-0.39, 0.29) is 24.8 Å². The van der Waals surface area contributed by atoms with Crippen LogP contribution in [0.25, 0.3) is 6.08 Å². The zero-order valence-corrected chi connectivity index (χ0v) is 17.8. The first-order valence-corrected chi connectivity index (χ1v) is 10.1. The van der Waals surface area contributed by atoms with Crippen LogP contribution in [0.2, 0.25) is 0 Å². The van der Waals surface area contributed by atoms with Crippen LogP contribution in [0.5, 0.6) is 17.2 Å². The number of ketones is 1. The van der Waals surface area contributed by atoms with E-state index in [0.717, 1.165) is 16.9 Å². The molecule has 3 aromatic carbocycles. The van der Waals surface area contributed by atoms with E-state index < -0.39 is 5.97 Å². The summed E-state index contributed by atoms with van der Waals surface area (Å²) in [7, 11) is 1.60. The summed E-state index contributed by atoms with van der Waals surface area (Å²) >= 11 is 0. The lowest BCUT2D eigenvalue weighted by atomic mass is 10.1. The first-order valence-electron chi connectivity index (χ1n) is 10.1. The molecule has 0 radical (unpaired) electrons. The number of hydrogen-bond acceptors (Lipinski definition) is 6. The summed E-state index contributed by atoms with van der Waals surface area (Å²) in [5.41, 5.74) is 2.82. The van der Waals surface area contributed by atoms with Gasteiger partial charge in [-0.3, -0.25) is 4.79 Å². The van der Waals surface area contributed by atoms with E-state index in [1.54, 1.807) is 32.2 Å². The van der Waals surface area contributed by atoms with Crippen LogP contribution in [0.3, 0.4) is 0 Å². The predicted molar refractivity (Wildman–Crippen MR) is 119 cm³/mol. The second-order valence-corrected chi connectivity index (χ2v) is 7.21. The van der Waals surface area contributed by atoms with E-state index in [1.165, 1.54) is 0 Å². The first kappa shape index (κ1) is 21.2. The summed E-state index contributed by atoms with van der Waals surface area (Å²) in [5, 5.41) is 0. The fourth-order valence-electron chi connectivity index (χ4n) is 3.29. The number of rotatable bonds is 7. The summed E-state index contributed by atoms with van der Waals surface area (Å²) < 4.78 is 21.9. The number of benzene rings is 3. The number of esters is 1. The molecule has 0 aromatic heterocycles. The lowest BCUT2D eigenvalue weighted by molar-refractivity contribution is -0.147. The van der Waals surface area contributed by atoms with E-state index in [0.29, 0.717) is 22.6 Å². The number of allylic oxidation sites excluding steroid dienone is 1. The van der Waals surface area contributed by atoms with Crippen LogP contribution in [-0.2, 0) is 16.1 Å². The van der Waals surface area contributed by atoms with Crippen LogP contribution in [0, 0.1) is 6.92 Å². The van der Waals surface area contributed by atoms with E-state index >= 15 is 0 Å². The molecule has 0 saturated heterocycles. The molecule has 6 heteroatoms. The monoisotopic (exact) mass is 430 g/mol. The van der Waals surface area contributed by atoms with Crippen molar-refractivity contribution in [3.63, 3.8) is 0 Å². The van der Waals surface area contributed by atoms with Gasteiger partial charge in [0, 0.05) is 5.56 Å². The van der Waals surface area contributed by atoms with Gasteiger partial charge in [0.25, 0.3) is 0 Å². The van der Waals surface area contributed by atoms with E-state index in [1.807, 2.05) is 54.6 Å². The Morgan fingerprint density at radius 3 is 2.47 bits per heavy atom. The van der Waals surface area contributed by atoms with Crippen molar-refractivity contribution in [3.8, 4) is 17.2 Å². The van der Waals surface area contributed by atoms with Crippen molar-refractivity contribution in [2.45, 2.75) is 13.5 Å². The van der Waals surface area contributed by atoms with Crippen molar-refractivity contribution >= 4 is 17.8 Å². The summed E-state index contributed by atoms with van der Waals surface area (Å²) in [5.74, 6) is 1.17. The van der Waals surface area contributed by atoms with Crippen molar-refractivity contribution in [1.29, 1.82) is 0 Å². The maximum Gasteiger partial charge on any atom is 0.344 e. The van der Waals surface area contributed by atoms with Crippen LogP contribution in [0.4, 0.5) is 0 Å². The molecule has 1 aliphatic heterocycles. The Morgan fingerprint density at radius 2 is 1.75 bits per heavy atom. The van der Waals surface area contributed by atoms with Crippen molar-refractivity contribution in [1.82, 2.24) is 0 Å². The molecular weight excluding hydrogens is 408 g/mol.